The molecule has 0 aliphatic rings. The number of nitrogens with zero attached hydrogens (tertiary/aromatic N) is 3. The maximum absolute atomic E-state index is 13.4. The Morgan fingerprint density at radius 2 is 1.26 bits per heavy atom. The highest BCUT2D eigenvalue weighted by atomic mass is 16.5. The number of carboxylic acids is 1. The maximum Gasteiger partial charge on any atom is 0.323 e. The second kappa shape index (κ2) is 15.3. The zero-order valence-electron chi connectivity index (χ0n) is 27.8. The van der Waals surface area contributed by atoms with Gasteiger partial charge in [0, 0.05) is 28.9 Å². The molecule has 0 aliphatic carbocycles. The van der Waals surface area contributed by atoms with Gasteiger partial charge in [-0.05, 0) is 77.6 Å². The summed E-state index contributed by atoms with van der Waals surface area (Å²) in [5, 5.41) is 16.6. The van der Waals surface area contributed by atoms with Gasteiger partial charge in [0.2, 0.25) is 11.7 Å². The average molecular weight is 665 g/mol. The Bertz CT molecular complexity index is 2090. The van der Waals surface area contributed by atoms with Gasteiger partial charge in [-0.25, -0.2) is 0 Å². The quantitative estimate of drug-likeness (QED) is 0.136. The zero-order valence-corrected chi connectivity index (χ0v) is 27.8. The van der Waals surface area contributed by atoms with Crippen molar-refractivity contribution in [3.63, 3.8) is 0 Å². The van der Waals surface area contributed by atoms with E-state index in [0.717, 1.165) is 34.2 Å². The Morgan fingerprint density at radius 3 is 1.88 bits per heavy atom. The highest BCUT2D eigenvalue weighted by molar-refractivity contribution is 5.97. The number of hydrogen-bond acceptors (Lipinski definition) is 6. The molecular formula is C41H36N4O5. The number of amides is 2. The minimum absolute atomic E-state index is 0.0749. The molecule has 0 aliphatic heterocycles. The van der Waals surface area contributed by atoms with E-state index in [2.05, 4.69) is 53.6 Å². The first-order chi connectivity index (χ1) is 24.2. The molecule has 5 aromatic carbocycles. The Morgan fingerprint density at radius 1 is 0.700 bits per heavy atom. The number of hydrogen-bond donors (Lipinski definition) is 2. The van der Waals surface area contributed by atoms with Crippen LogP contribution in [0.25, 0.3) is 34.0 Å². The summed E-state index contributed by atoms with van der Waals surface area (Å²) >= 11 is 0. The summed E-state index contributed by atoms with van der Waals surface area (Å²) in [4.78, 5) is 43.5. The molecule has 50 heavy (non-hydrogen) atoms. The molecule has 2 N–H and O–H groups in total. The minimum atomic E-state index is -1.13. The molecule has 6 rings (SSSR count). The fourth-order valence-electron chi connectivity index (χ4n) is 5.51. The maximum atomic E-state index is 13.4. The van der Waals surface area contributed by atoms with E-state index in [-0.39, 0.29) is 18.9 Å². The SMILES string of the molecule is CCc1ccc(CC(=O)Nc2ccc(C(=O)N(CC(=O)O)Cc3ccc(-c4noc(-c5ccc(-c6ccc(C)cc6)cc5)n4)cc3)cc2)cc1. The molecule has 0 saturated heterocycles. The molecule has 1 heterocycles. The second-order valence-corrected chi connectivity index (χ2v) is 12.1. The van der Waals surface area contributed by atoms with Gasteiger partial charge >= 0.3 is 5.97 Å². The molecule has 0 unspecified atom stereocenters. The van der Waals surface area contributed by atoms with E-state index in [0.29, 0.717) is 28.5 Å². The summed E-state index contributed by atoms with van der Waals surface area (Å²) in [5.41, 5.74) is 8.63. The Hall–Kier alpha value is -6.35. The summed E-state index contributed by atoms with van der Waals surface area (Å²) in [5.74, 6) is -0.938. The number of rotatable bonds is 12. The van der Waals surface area contributed by atoms with Gasteiger partial charge < -0.3 is 19.8 Å². The average Bonchev–Trinajstić information content (AvgIpc) is 3.63. The van der Waals surface area contributed by atoms with Gasteiger partial charge in [0.15, 0.2) is 0 Å². The van der Waals surface area contributed by atoms with Crippen molar-refractivity contribution in [2.45, 2.75) is 33.2 Å². The van der Waals surface area contributed by atoms with Crippen LogP contribution in [0.3, 0.4) is 0 Å². The molecule has 250 valence electrons. The summed E-state index contributed by atoms with van der Waals surface area (Å²) < 4.78 is 5.55. The van der Waals surface area contributed by atoms with Crippen molar-refractivity contribution in [3.8, 4) is 34.0 Å². The van der Waals surface area contributed by atoms with Crippen LogP contribution >= 0.6 is 0 Å². The number of anilines is 1. The van der Waals surface area contributed by atoms with E-state index in [9.17, 15) is 19.5 Å². The number of carbonyl (C=O) groups excluding carboxylic acids is 2. The standard InChI is InChI=1S/C41H36N4O5/c1-3-28-6-8-29(9-7-28)24-37(46)42-36-22-20-35(21-23-36)41(49)45(26-38(47)48)25-30-10-14-33(15-11-30)39-43-40(50-44-39)34-18-16-32(17-19-34)31-12-4-27(2)5-13-31/h4-23H,3,24-26H2,1-2H3,(H,42,46)(H,47,48). The van der Waals surface area contributed by atoms with Crippen LogP contribution < -0.4 is 5.32 Å². The van der Waals surface area contributed by atoms with Gasteiger partial charge in [0.1, 0.15) is 6.54 Å². The van der Waals surface area contributed by atoms with E-state index in [1.54, 1.807) is 36.4 Å². The van der Waals surface area contributed by atoms with Crippen LogP contribution in [0.1, 0.15) is 39.5 Å². The fraction of sp³-hybridized carbons (Fsp3) is 0.146. The predicted molar refractivity (Wildman–Crippen MR) is 192 cm³/mol. The van der Waals surface area contributed by atoms with Crippen LogP contribution in [-0.4, -0.2) is 44.5 Å². The first-order valence-electron chi connectivity index (χ1n) is 16.3. The number of carboxylic acid groups (broad SMARTS) is 1. The van der Waals surface area contributed by atoms with Crippen molar-refractivity contribution >= 4 is 23.5 Å². The van der Waals surface area contributed by atoms with Gasteiger partial charge in [0.25, 0.3) is 11.8 Å². The minimum Gasteiger partial charge on any atom is -0.480 e. The third-order valence-electron chi connectivity index (χ3n) is 8.35. The van der Waals surface area contributed by atoms with Crippen LogP contribution in [0.15, 0.2) is 126 Å². The first-order valence-corrected chi connectivity index (χ1v) is 16.3. The zero-order chi connectivity index (χ0) is 35.0. The molecule has 0 saturated carbocycles. The van der Waals surface area contributed by atoms with Crippen molar-refractivity contribution in [3.05, 3.63) is 149 Å². The normalized spacial score (nSPS) is 10.8. The Balaban J connectivity index is 1.08. The second-order valence-electron chi connectivity index (χ2n) is 12.1. The molecule has 9 nitrogen and oxygen atoms in total. The van der Waals surface area contributed by atoms with Crippen molar-refractivity contribution < 1.29 is 24.0 Å². The number of carbonyl (C=O) groups is 3. The fourth-order valence-corrected chi connectivity index (χ4v) is 5.51. The van der Waals surface area contributed by atoms with Gasteiger partial charge in [-0.2, -0.15) is 4.98 Å². The summed E-state index contributed by atoms with van der Waals surface area (Å²) in [6.45, 7) is 3.73. The topological polar surface area (TPSA) is 126 Å². The van der Waals surface area contributed by atoms with E-state index >= 15 is 0 Å². The summed E-state index contributed by atoms with van der Waals surface area (Å²) in [7, 11) is 0. The molecule has 0 spiro atoms. The van der Waals surface area contributed by atoms with E-state index < -0.39 is 18.4 Å². The third-order valence-corrected chi connectivity index (χ3v) is 8.35. The monoisotopic (exact) mass is 664 g/mol. The molecular weight excluding hydrogens is 628 g/mol. The number of aliphatic carboxylic acids is 1. The lowest BCUT2D eigenvalue weighted by Gasteiger charge is -2.21. The number of nitrogens with one attached hydrogen (secondary N) is 1. The molecule has 2 amide bonds. The van der Waals surface area contributed by atoms with Crippen molar-refractivity contribution in [2.24, 2.45) is 0 Å². The van der Waals surface area contributed by atoms with Crippen molar-refractivity contribution in [1.29, 1.82) is 0 Å². The van der Waals surface area contributed by atoms with Crippen LogP contribution in [0.5, 0.6) is 0 Å². The van der Waals surface area contributed by atoms with Crippen molar-refractivity contribution in [2.75, 3.05) is 11.9 Å². The summed E-state index contributed by atoms with van der Waals surface area (Å²) in [6, 6.07) is 37.8. The number of aromatic nitrogens is 2. The highest BCUT2D eigenvalue weighted by Crippen LogP contribution is 2.27. The lowest BCUT2D eigenvalue weighted by atomic mass is 10.0. The molecule has 9 heteroatoms. The van der Waals surface area contributed by atoms with Gasteiger partial charge in [0.05, 0.1) is 6.42 Å². The van der Waals surface area contributed by atoms with E-state index in [4.69, 9.17) is 4.52 Å². The van der Waals surface area contributed by atoms with Crippen LogP contribution in [0.4, 0.5) is 5.69 Å². The molecule has 1 aromatic heterocycles. The largest absolute Gasteiger partial charge is 0.480 e. The van der Waals surface area contributed by atoms with Gasteiger partial charge in [-0.1, -0.05) is 103 Å². The first kappa shape index (κ1) is 33.5. The van der Waals surface area contributed by atoms with Crippen molar-refractivity contribution in [1.82, 2.24) is 15.0 Å². The Labute approximate surface area is 290 Å². The number of aryl methyl sites for hydroxylation is 2. The molecule has 6 aromatic rings. The number of benzene rings is 5. The van der Waals surface area contributed by atoms with Crippen LogP contribution in [0.2, 0.25) is 0 Å². The van der Waals surface area contributed by atoms with Gasteiger partial charge in [-0.15, -0.1) is 0 Å². The summed E-state index contributed by atoms with van der Waals surface area (Å²) in [6.07, 6.45) is 1.16. The Kier molecular flexibility index (Phi) is 10.2. The van der Waals surface area contributed by atoms with E-state index in [1.165, 1.54) is 16.0 Å². The lowest BCUT2D eigenvalue weighted by Crippen LogP contribution is -2.35. The van der Waals surface area contributed by atoms with Crippen LogP contribution in [-0.2, 0) is 29.0 Å². The highest BCUT2D eigenvalue weighted by Gasteiger charge is 2.20. The predicted octanol–water partition coefficient (Wildman–Crippen LogP) is 7.85. The van der Waals surface area contributed by atoms with Gasteiger partial charge in [-0.3, -0.25) is 14.4 Å². The molecule has 0 radical (unpaired) electrons. The molecule has 0 atom stereocenters. The molecule has 0 fully saturated rings. The lowest BCUT2D eigenvalue weighted by molar-refractivity contribution is -0.137. The van der Waals surface area contributed by atoms with E-state index in [1.807, 2.05) is 60.7 Å². The van der Waals surface area contributed by atoms with Crippen LogP contribution in [0, 0.1) is 6.92 Å². The molecule has 0 bridgehead atoms. The smallest absolute Gasteiger partial charge is 0.323 e. The third kappa shape index (κ3) is 8.38.